The Balaban J connectivity index is 1.94. The Bertz CT molecular complexity index is 549. The number of furan rings is 1. The van der Waals surface area contributed by atoms with Crippen molar-refractivity contribution in [2.45, 2.75) is 26.2 Å². The Labute approximate surface area is 118 Å². The summed E-state index contributed by atoms with van der Waals surface area (Å²) in [5.41, 5.74) is 0. The lowest BCUT2D eigenvalue weighted by Crippen LogP contribution is -2.22. The molecule has 1 fully saturated rings. The molecule has 0 aliphatic carbocycles. The molecule has 3 rings (SSSR count). The number of hydrogen-bond acceptors (Lipinski definition) is 6. The molecule has 6 nitrogen and oxygen atoms in total. The van der Waals surface area contributed by atoms with Crippen LogP contribution in [0.1, 0.15) is 26.2 Å². The molecule has 1 N–H and O–H groups in total. The Kier molecular flexibility index (Phi) is 3.80. The molecule has 20 heavy (non-hydrogen) atoms. The number of hydrogen-bond donors (Lipinski definition) is 1. The Hall–Kier alpha value is -2.11. The zero-order valence-corrected chi connectivity index (χ0v) is 11.7. The summed E-state index contributed by atoms with van der Waals surface area (Å²) in [5.74, 6) is 2.62. The fourth-order valence-corrected chi connectivity index (χ4v) is 2.26. The highest BCUT2D eigenvalue weighted by molar-refractivity contribution is 5.52. The van der Waals surface area contributed by atoms with Crippen LogP contribution in [-0.2, 0) is 0 Å². The molecule has 1 saturated heterocycles. The van der Waals surface area contributed by atoms with Gasteiger partial charge in [-0.2, -0.15) is 15.0 Å². The minimum atomic E-state index is 0.588. The summed E-state index contributed by atoms with van der Waals surface area (Å²) in [6.45, 7) is 4.98. The Morgan fingerprint density at radius 3 is 2.80 bits per heavy atom. The van der Waals surface area contributed by atoms with Crippen molar-refractivity contribution < 1.29 is 4.42 Å². The van der Waals surface area contributed by atoms with Gasteiger partial charge in [0.1, 0.15) is 0 Å². The molecule has 0 amide bonds. The zero-order chi connectivity index (χ0) is 13.8. The van der Waals surface area contributed by atoms with Gasteiger partial charge in [-0.3, -0.25) is 0 Å². The van der Waals surface area contributed by atoms with Gasteiger partial charge < -0.3 is 14.6 Å². The molecule has 106 valence electrons. The van der Waals surface area contributed by atoms with Gasteiger partial charge in [0.25, 0.3) is 0 Å². The lowest BCUT2D eigenvalue weighted by atomic mass is 10.4. The van der Waals surface area contributed by atoms with E-state index in [1.807, 2.05) is 12.1 Å². The van der Waals surface area contributed by atoms with Crippen molar-refractivity contribution in [1.29, 1.82) is 0 Å². The molecule has 0 aromatic carbocycles. The number of rotatable bonds is 5. The average Bonchev–Trinajstić information content (AvgIpc) is 3.17. The predicted molar refractivity (Wildman–Crippen MR) is 77.8 cm³/mol. The second-order valence-corrected chi connectivity index (χ2v) is 4.88. The van der Waals surface area contributed by atoms with Crippen LogP contribution in [0.4, 0.5) is 11.9 Å². The molecular formula is C14H19N5O. The van der Waals surface area contributed by atoms with Crippen LogP contribution in [0, 0.1) is 0 Å². The van der Waals surface area contributed by atoms with Crippen molar-refractivity contribution >= 4 is 11.9 Å². The maximum absolute atomic E-state index is 5.40. The third-order valence-electron chi connectivity index (χ3n) is 3.29. The van der Waals surface area contributed by atoms with E-state index in [9.17, 15) is 0 Å². The van der Waals surface area contributed by atoms with Crippen LogP contribution in [-0.4, -0.2) is 34.6 Å². The third kappa shape index (κ3) is 2.74. The minimum Gasteiger partial charge on any atom is -0.461 e. The van der Waals surface area contributed by atoms with Crippen LogP contribution in [0.3, 0.4) is 0 Å². The molecule has 0 bridgehead atoms. The van der Waals surface area contributed by atoms with E-state index >= 15 is 0 Å². The van der Waals surface area contributed by atoms with Gasteiger partial charge in [0.05, 0.1) is 6.26 Å². The quantitative estimate of drug-likeness (QED) is 0.903. The molecular weight excluding hydrogens is 254 g/mol. The van der Waals surface area contributed by atoms with Gasteiger partial charge in [-0.1, -0.05) is 6.92 Å². The van der Waals surface area contributed by atoms with E-state index in [4.69, 9.17) is 4.42 Å². The highest BCUT2D eigenvalue weighted by atomic mass is 16.3. The van der Waals surface area contributed by atoms with Gasteiger partial charge in [-0.15, -0.1) is 0 Å². The van der Waals surface area contributed by atoms with Crippen LogP contribution in [0.2, 0.25) is 0 Å². The maximum atomic E-state index is 5.40. The van der Waals surface area contributed by atoms with Crippen LogP contribution in [0.15, 0.2) is 22.8 Å². The molecule has 1 aliphatic heterocycles. The van der Waals surface area contributed by atoms with Crippen molar-refractivity contribution in [3.8, 4) is 11.6 Å². The molecule has 6 heteroatoms. The SMILES string of the molecule is CCCNc1nc(-c2ccco2)nc(N2CCCC2)n1. The van der Waals surface area contributed by atoms with Crippen LogP contribution < -0.4 is 10.2 Å². The van der Waals surface area contributed by atoms with E-state index < -0.39 is 0 Å². The molecule has 2 aromatic heterocycles. The van der Waals surface area contributed by atoms with Crippen molar-refractivity contribution in [3.63, 3.8) is 0 Å². The first-order chi connectivity index (χ1) is 9.86. The van der Waals surface area contributed by atoms with E-state index in [-0.39, 0.29) is 0 Å². The first-order valence-corrected chi connectivity index (χ1v) is 7.15. The lowest BCUT2D eigenvalue weighted by molar-refractivity contribution is 0.576. The summed E-state index contributed by atoms with van der Waals surface area (Å²) in [6.07, 6.45) is 5.05. The first-order valence-electron chi connectivity index (χ1n) is 7.15. The fraction of sp³-hybridized carbons (Fsp3) is 0.500. The largest absolute Gasteiger partial charge is 0.461 e. The van der Waals surface area contributed by atoms with E-state index in [0.29, 0.717) is 17.5 Å². The van der Waals surface area contributed by atoms with Crippen molar-refractivity contribution in [1.82, 2.24) is 15.0 Å². The summed E-state index contributed by atoms with van der Waals surface area (Å²) in [6, 6.07) is 3.71. The Morgan fingerprint density at radius 1 is 1.25 bits per heavy atom. The van der Waals surface area contributed by atoms with Gasteiger partial charge in [0.2, 0.25) is 17.7 Å². The smallest absolute Gasteiger partial charge is 0.230 e. The van der Waals surface area contributed by atoms with Gasteiger partial charge in [0.15, 0.2) is 5.76 Å². The average molecular weight is 273 g/mol. The van der Waals surface area contributed by atoms with Gasteiger partial charge in [0, 0.05) is 19.6 Å². The second-order valence-electron chi connectivity index (χ2n) is 4.88. The highest BCUT2D eigenvalue weighted by Gasteiger charge is 2.18. The zero-order valence-electron chi connectivity index (χ0n) is 11.7. The molecule has 0 unspecified atom stereocenters. The number of aromatic nitrogens is 3. The minimum absolute atomic E-state index is 0.588. The van der Waals surface area contributed by atoms with Crippen LogP contribution >= 0.6 is 0 Å². The normalized spacial score (nSPS) is 14.8. The molecule has 1 aliphatic rings. The topological polar surface area (TPSA) is 67.1 Å². The van der Waals surface area contributed by atoms with Gasteiger partial charge >= 0.3 is 0 Å². The summed E-state index contributed by atoms with van der Waals surface area (Å²) in [7, 11) is 0. The van der Waals surface area contributed by atoms with Crippen molar-refractivity contribution in [2.24, 2.45) is 0 Å². The second kappa shape index (κ2) is 5.90. The predicted octanol–water partition coefficient (Wildman–Crippen LogP) is 2.55. The molecule has 0 spiro atoms. The standard InChI is InChI=1S/C14H19N5O/c1-2-7-15-13-16-12(11-6-5-10-20-11)17-14(18-13)19-8-3-4-9-19/h5-6,10H,2-4,7-9H2,1H3,(H,15,16,17,18). The third-order valence-corrected chi connectivity index (χ3v) is 3.29. The molecule has 0 saturated carbocycles. The van der Waals surface area contributed by atoms with Crippen molar-refractivity contribution in [3.05, 3.63) is 18.4 Å². The Morgan fingerprint density at radius 2 is 2.10 bits per heavy atom. The number of nitrogens with one attached hydrogen (secondary N) is 1. The summed E-state index contributed by atoms with van der Waals surface area (Å²) >= 11 is 0. The van der Waals surface area contributed by atoms with E-state index in [0.717, 1.165) is 32.0 Å². The van der Waals surface area contributed by atoms with E-state index in [1.165, 1.54) is 12.8 Å². The summed E-state index contributed by atoms with van der Waals surface area (Å²) in [4.78, 5) is 15.7. The summed E-state index contributed by atoms with van der Waals surface area (Å²) in [5, 5.41) is 3.23. The molecule has 2 aromatic rings. The van der Waals surface area contributed by atoms with Gasteiger partial charge in [-0.25, -0.2) is 0 Å². The number of nitrogens with zero attached hydrogens (tertiary/aromatic N) is 4. The van der Waals surface area contributed by atoms with Gasteiger partial charge in [-0.05, 0) is 31.4 Å². The summed E-state index contributed by atoms with van der Waals surface area (Å²) < 4.78 is 5.40. The highest BCUT2D eigenvalue weighted by Crippen LogP contribution is 2.22. The maximum Gasteiger partial charge on any atom is 0.230 e. The molecule has 3 heterocycles. The fourth-order valence-electron chi connectivity index (χ4n) is 2.26. The van der Waals surface area contributed by atoms with Crippen molar-refractivity contribution in [2.75, 3.05) is 29.9 Å². The van der Waals surface area contributed by atoms with E-state index in [2.05, 4.69) is 32.1 Å². The van der Waals surface area contributed by atoms with E-state index in [1.54, 1.807) is 6.26 Å². The lowest BCUT2D eigenvalue weighted by Gasteiger charge is -2.16. The molecule has 0 atom stereocenters. The molecule has 0 radical (unpaired) electrons. The first kappa shape index (κ1) is 12.9. The number of anilines is 2. The monoisotopic (exact) mass is 273 g/mol. The van der Waals surface area contributed by atoms with Crippen LogP contribution in [0.5, 0.6) is 0 Å². The van der Waals surface area contributed by atoms with Crippen LogP contribution in [0.25, 0.3) is 11.6 Å².